The lowest BCUT2D eigenvalue weighted by Gasteiger charge is -2.18. The van der Waals surface area contributed by atoms with Crippen LogP contribution in [0.25, 0.3) is 0 Å². The summed E-state index contributed by atoms with van der Waals surface area (Å²) in [5.41, 5.74) is 2.16. The van der Waals surface area contributed by atoms with E-state index in [1.54, 1.807) is 0 Å². The Bertz CT molecular complexity index is 342. The van der Waals surface area contributed by atoms with E-state index in [9.17, 15) is 4.79 Å². The predicted octanol–water partition coefficient (Wildman–Crippen LogP) is 2.88. The summed E-state index contributed by atoms with van der Waals surface area (Å²) in [6.07, 6.45) is 0.515. The first kappa shape index (κ1) is 13.7. The van der Waals surface area contributed by atoms with Gasteiger partial charge in [0.15, 0.2) is 0 Å². The van der Waals surface area contributed by atoms with Crippen molar-refractivity contribution in [3.63, 3.8) is 0 Å². The molecular weight excluding hydrogens is 212 g/mol. The third-order valence-electron chi connectivity index (χ3n) is 2.86. The smallest absolute Gasteiger partial charge is 0.224 e. The van der Waals surface area contributed by atoms with E-state index in [1.165, 1.54) is 5.56 Å². The third-order valence-corrected chi connectivity index (χ3v) is 2.86. The highest BCUT2D eigenvalue weighted by atomic mass is 16.1. The highest BCUT2D eigenvalue weighted by Gasteiger charge is 2.02. The van der Waals surface area contributed by atoms with Crippen LogP contribution in [0.15, 0.2) is 24.3 Å². The fourth-order valence-corrected chi connectivity index (χ4v) is 1.65. The van der Waals surface area contributed by atoms with E-state index < -0.39 is 0 Å². The summed E-state index contributed by atoms with van der Waals surface area (Å²) in [7, 11) is 0. The molecule has 0 heterocycles. The van der Waals surface area contributed by atoms with Gasteiger partial charge in [-0.25, -0.2) is 0 Å². The Kier molecular flexibility index (Phi) is 5.70. The van der Waals surface area contributed by atoms with Crippen LogP contribution in [-0.2, 0) is 11.3 Å². The Balaban J connectivity index is 2.58. The first-order valence-electron chi connectivity index (χ1n) is 6.30. The molecule has 94 valence electrons. The quantitative estimate of drug-likeness (QED) is 0.821. The molecule has 0 atom stereocenters. The lowest BCUT2D eigenvalue weighted by atomic mass is 10.2. The van der Waals surface area contributed by atoms with Crippen LogP contribution in [0.1, 0.15) is 32.8 Å². The molecule has 0 aliphatic carbocycles. The van der Waals surface area contributed by atoms with Gasteiger partial charge in [0, 0.05) is 18.7 Å². The Morgan fingerprint density at radius 3 is 2.18 bits per heavy atom. The summed E-state index contributed by atoms with van der Waals surface area (Å²) in [6, 6.07) is 8.08. The molecule has 1 aromatic carbocycles. The SMILES string of the molecule is CCC(=O)Nc1ccc(CN(CC)CC)cc1. The topological polar surface area (TPSA) is 32.3 Å². The molecule has 17 heavy (non-hydrogen) atoms. The second-order valence-corrected chi connectivity index (χ2v) is 4.06. The fraction of sp³-hybridized carbons (Fsp3) is 0.500. The molecule has 0 aromatic heterocycles. The van der Waals surface area contributed by atoms with Crippen molar-refractivity contribution in [3.05, 3.63) is 29.8 Å². The van der Waals surface area contributed by atoms with E-state index in [-0.39, 0.29) is 5.91 Å². The van der Waals surface area contributed by atoms with Crippen molar-refractivity contribution in [1.29, 1.82) is 0 Å². The summed E-state index contributed by atoms with van der Waals surface area (Å²) < 4.78 is 0. The summed E-state index contributed by atoms with van der Waals surface area (Å²) in [5.74, 6) is 0.0569. The largest absolute Gasteiger partial charge is 0.326 e. The van der Waals surface area contributed by atoms with Crippen molar-refractivity contribution >= 4 is 11.6 Å². The van der Waals surface area contributed by atoms with Gasteiger partial charge >= 0.3 is 0 Å². The fourth-order valence-electron chi connectivity index (χ4n) is 1.65. The number of amides is 1. The van der Waals surface area contributed by atoms with Crippen LogP contribution in [0.2, 0.25) is 0 Å². The maximum absolute atomic E-state index is 11.2. The molecule has 3 heteroatoms. The second-order valence-electron chi connectivity index (χ2n) is 4.06. The monoisotopic (exact) mass is 234 g/mol. The predicted molar refractivity (Wildman–Crippen MR) is 72.0 cm³/mol. The van der Waals surface area contributed by atoms with Crippen LogP contribution in [0.4, 0.5) is 5.69 Å². The van der Waals surface area contributed by atoms with Crippen LogP contribution >= 0.6 is 0 Å². The number of carbonyl (C=O) groups is 1. The van der Waals surface area contributed by atoms with Crippen LogP contribution in [0.3, 0.4) is 0 Å². The van der Waals surface area contributed by atoms with Gasteiger partial charge < -0.3 is 5.32 Å². The van der Waals surface area contributed by atoms with Crippen molar-refractivity contribution < 1.29 is 4.79 Å². The molecular formula is C14H22N2O. The molecule has 0 fully saturated rings. The maximum atomic E-state index is 11.2. The average Bonchev–Trinajstić information content (AvgIpc) is 2.37. The van der Waals surface area contributed by atoms with Crippen molar-refractivity contribution in [2.24, 2.45) is 0 Å². The minimum atomic E-state index is 0.0569. The van der Waals surface area contributed by atoms with Gasteiger partial charge in [-0.05, 0) is 30.8 Å². The summed E-state index contributed by atoms with van der Waals surface area (Å²) >= 11 is 0. The van der Waals surface area contributed by atoms with E-state index >= 15 is 0 Å². The minimum absolute atomic E-state index is 0.0569. The van der Waals surface area contributed by atoms with Crippen LogP contribution in [-0.4, -0.2) is 23.9 Å². The number of anilines is 1. The molecule has 1 rings (SSSR count). The van der Waals surface area contributed by atoms with Crippen LogP contribution in [0.5, 0.6) is 0 Å². The normalized spacial score (nSPS) is 10.6. The Labute approximate surface area is 104 Å². The zero-order valence-electron chi connectivity index (χ0n) is 11.0. The van der Waals surface area contributed by atoms with E-state index in [0.717, 1.165) is 25.3 Å². The van der Waals surface area contributed by atoms with Crippen molar-refractivity contribution in [3.8, 4) is 0 Å². The van der Waals surface area contributed by atoms with Gasteiger partial charge in [0.2, 0.25) is 5.91 Å². The number of benzene rings is 1. The maximum Gasteiger partial charge on any atom is 0.224 e. The number of rotatable bonds is 6. The zero-order valence-corrected chi connectivity index (χ0v) is 11.0. The molecule has 0 aliphatic rings. The molecule has 1 N–H and O–H groups in total. The molecule has 0 bridgehead atoms. The second kappa shape index (κ2) is 7.07. The number of nitrogens with zero attached hydrogens (tertiary/aromatic N) is 1. The Morgan fingerprint density at radius 1 is 1.12 bits per heavy atom. The molecule has 0 saturated carbocycles. The van der Waals surface area contributed by atoms with Crippen molar-refractivity contribution in [1.82, 2.24) is 4.90 Å². The average molecular weight is 234 g/mol. The van der Waals surface area contributed by atoms with Crippen molar-refractivity contribution in [2.75, 3.05) is 18.4 Å². The number of hydrogen-bond donors (Lipinski definition) is 1. The highest BCUT2D eigenvalue weighted by molar-refractivity contribution is 5.90. The third kappa shape index (κ3) is 4.57. The van der Waals surface area contributed by atoms with Gasteiger partial charge in [-0.2, -0.15) is 0 Å². The minimum Gasteiger partial charge on any atom is -0.326 e. The molecule has 0 saturated heterocycles. The summed E-state index contributed by atoms with van der Waals surface area (Å²) in [5, 5.41) is 2.85. The highest BCUT2D eigenvalue weighted by Crippen LogP contribution is 2.11. The van der Waals surface area contributed by atoms with E-state index in [4.69, 9.17) is 0 Å². The number of hydrogen-bond acceptors (Lipinski definition) is 2. The molecule has 1 amide bonds. The first-order valence-corrected chi connectivity index (χ1v) is 6.30. The summed E-state index contributed by atoms with van der Waals surface area (Å²) in [6.45, 7) is 9.27. The van der Waals surface area contributed by atoms with Gasteiger partial charge in [0.05, 0.1) is 0 Å². The molecule has 0 unspecified atom stereocenters. The van der Waals surface area contributed by atoms with Crippen LogP contribution in [0, 0.1) is 0 Å². The van der Waals surface area contributed by atoms with Gasteiger partial charge in [0.1, 0.15) is 0 Å². The van der Waals surface area contributed by atoms with E-state index in [1.807, 2.05) is 19.1 Å². The lowest BCUT2D eigenvalue weighted by molar-refractivity contribution is -0.115. The first-order chi connectivity index (χ1) is 8.19. The van der Waals surface area contributed by atoms with E-state index in [2.05, 4.69) is 36.2 Å². The molecule has 0 spiro atoms. The van der Waals surface area contributed by atoms with Gasteiger partial charge in [0.25, 0.3) is 0 Å². The van der Waals surface area contributed by atoms with Gasteiger partial charge in [-0.1, -0.05) is 32.9 Å². The number of carbonyl (C=O) groups excluding carboxylic acids is 1. The summed E-state index contributed by atoms with van der Waals surface area (Å²) in [4.78, 5) is 13.6. The van der Waals surface area contributed by atoms with Gasteiger partial charge in [-0.15, -0.1) is 0 Å². The van der Waals surface area contributed by atoms with Crippen molar-refractivity contribution in [2.45, 2.75) is 33.7 Å². The lowest BCUT2D eigenvalue weighted by Crippen LogP contribution is -2.22. The molecule has 0 radical (unpaired) electrons. The molecule has 0 aliphatic heterocycles. The Hall–Kier alpha value is -1.35. The Morgan fingerprint density at radius 2 is 1.71 bits per heavy atom. The molecule has 1 aromatic rings. The standard InChI is InChI=1S/C14H22N2O/c1-4-14(17)15-13-9-7-12(8-10-13)11-16(5-2)6-3/h7-10H,4-6,11H2,1-3H3,(H,15,17). The molecule has 3 nitrogen and oxygen atoms in total. The number of nitrogens with one attached hydrogen (secondary N) is 1. The van der Waals surface area contributed by atoms with Gasteiger partial charge in [-0.3, -0.25) is 9.69 Å². The zero-order chi connectivity index (χ0) is 12.7. The van der Waals surface area contributed by atoms with Crippen LogP contribution < -0.4 is 5.32 Å². The van der Waals surface area contributed by atoms with E-state index in [0.29, 0.717) is 6.42 Å².